The number of sulfonamides is 1. The van der Waals surface area contributed by atoms with Gasteiger partial charge in [0.15, 0.2) is 11.5 Å². The van der Waals surface area contributed by atoms with Gasteiger partial charge in [0.1, 0.15) is 6.54 Å². The fourth-order valence-corrected chi connectivity index (χ4v) is 5.40. The van der Waals surface area contributed by atoms with Gasteiger partial charge in [-0.15, -0.1) is 0 Å². The lowest BCUT2D eigenvalue weighted by Gasteiger charge is -2.26. The number of anilines is 1. The molecule has 1 atom stereocenters. The number of rotatable bonds is 9. The van der Waals surface area contributed by atoms with Crippen molar-refractivity contribution in [1.82, 2.24) is 5.32 Å². The Hall–Kier alpha value is -3.23. The minimum atomic E-state index is -4.14. The Morgan fingerprint density at radius 2 is 1.63 bits per heavy atom. The minimum absolute atomic E-state index is 0.0414. The van der Waals surface area contributed by atoms with Crippen LogP contribution in [0.2, 0.25) is 5.02 Å². The zero-order chi connectivity index (χ0) is 25.8. The highest BCUT2D eigenvalue weighted by molar-refractivity contribution is 7.92. The van der Waals surface area contributed by atoms with Gasteiger partial charge in [0.25, 0.3) is 10.0 Å². The summed E-state index contributed by atoms with van der Waals surface area (Å²) in [5.41, 5.74) is 3.44. The van der Waals surface area contributed by atoms with Crippen molar-refractivity contribution in [2.75, 3.05) is 25.1 Å². The molecule has 0 aromatic heterocycles. The molecule has 0 aliphatic carbocycles. The molecular weight excluding hydrogens is 488 g/mol. The third kappa shape index (κ3) is 6.07. The lowest BCUT2D eigenvalue weighted by atomic mass is 10.0. The Balaban J connectivity index is 1.94. The second kappa shape index (κ2) is 11.0. The average molecular weight is 517 g/mol. The van der Waals surface area contributed by atoms with Crippen LogP contribution in [0.25, 0.3) is 0 Å². The number of halogens is 1. The zero-order valence-corrected chi connectivity index (χ0v) is 21.9. The molecule has 0 fully saturated rings. The van der Waals surface area contributed by atoms with Crippen LogP contribution in [0.4, 0.5) is 5.69 Å². The number of hydrogen-bond donors (Lipinski definition) is 1. The van der Waals surface area contributed by atoms with Gasteiger partial charge < -0.3 is 14.8 Å². The lowest BCUT2D eigenvalue weighted by Crippen LogP contribution is -2.41. The molecule has 3 aromatic carbocycles. The van der Waals surface area contributed by atoms with Gasteiger partial charge in [0.05, 0.1) is 30.8 Å². The van der Waals surface area contributed by atoms with Gasteiger partial charge in [-0.3, -0.25) is 9.10 Å². The molecule has 1 amide bonds. The molecule has 0 saturated heterocycles. The van der Waals surface area contributed by atoms with E-state index in [1.54, 1.807) is 24.3 Å². The first-order chi connectivity index (χ1) is 16.6. The maximum atomic E-state index is 13.7. The van der Waals surface area contributed by atoms with Crippen molar-refractivity contribution in [1.29, 1.82) is 0 Å². The van der Waals surface area contributed by atoms with E-state index in [2.05, 4.69) is 5.32 Å². The van der Waals surface area contributed by atoms with Gasteiger partial charge >= 0.3 is 0 Å². The first kappa shape index (κ1) is 26.4. The highest BCUT2D eigenvalue weighted by Crippen LogP contribution is 2.32. The minimum Gasteiger partial charge on any atom is -0.493 e. The first-order valence-electron chi connectivity index (χ1n) is 10.9. The second-order valence-corrected chi connectivity index (χ2v) is 10.5. The van der Waals surface area contributed by atoms with Crippen molar-refractivity contribution >= 4 is 33.2 Å². The van der Waals surface area contributed by atoms with Crippen molar-refractivity contribution in [3.63, 3.8) is 0 Å². The third-order valence-corrected chi connectivity index (χ3v) is 7.64. The summed E-state index contributed by atoms with van der Waals surface area (Å²) in [4.78, 5) is 13.0. The Morgan fingerprint density at radius 1 is 0.971 bits per heavy atom. The van der Waals surface area contributed by atoms with Crippen LogP contribution in [0.5, 0.6) is 11.5 Å². The van der Waals surface area contributed by atoms with Crippen LogP contribution in [0.3, 0.4) is 0 Å². The molecule has 9 heteroatoms. The molecule has 1 unspecified atom stereocenters. The molecule has 0 spiro atoms. The molecule has 3 aromatic rings. The number of nitrogens with zero attached hydrogens (tertiary/aromatic N) is 1. The Kier molecular flexibility index (Phi) is 8.30. The standard InChI is InChI=1S/C26H29ClN2O5S/c1-17-6-12-23(18(2)14-17)19(3)28-26(30)16-29(21-9-7-20(27)8-10-21)35(31,32)22-11-13-24(33-4)25(15-22)34-5/h6-15,19H,16H2,1-5H3,(H,28,30). The number of nitrogens with one attached hydrogen (secondary N) is 1. The van der Waals surface area contributed by atoms with Gasteiger partial charge in [-0.25, -0.2) is 8.42 Å². The van der Waals surface area contributed by atoms with Crippen LogP contribution in [0, 0.1) is 13.8 Å². The Bertz CT molecular complexity index is 1310. The van der Waals surface area contributed by atoms with Crippen molar-refractivity contribution < 1.29 is 22.7 Å². The van der Waals surface area contributed by atoms with Gasteiger partial charge in [-0.1, -0.05) is 35.4 Å². The van der Waals surface area contributed by atoms with Crippen LogP contribution >= 0.6 is 11.6 Å². The van der Waals surface area contributed by atoms with Gasteiger partial charge in [0, 0.05) is 11.1 Å². The number of methoxy groups -OCH3 is 2. The van der Waals surface area contributed by atoms with E-state index in [0.717, 1.165) is 21.0 Å². The zero-order valence-electron chi connectivity index (χ0n) is 20.3. The summed E-state index contributed by atoms with van der Waals surface area (Å²) in [6, 6.07) is 16.2. The highest BCUT2D eigenvalue weighted by atomic mass is 35.5. The number of benzene rings is 3. The third-order valence-electron chi connectivity index (χ3n) is 5.61. The summed E-state index contributed by atoms with van der Waals surface area (Å²) in [6.45, 7) is 5.42. The van der Waals surface area contributed by atoms with E-state index in [9.17, 15) is 13.2 Å². The van der Waals surface area contributed by atoms with Crippen LogP contribution < -0.4 is 19.1 Å². The van der Waals surface area contributed by atoms with E-state index in [-0.39, 0.29) is 16.7 Å². The normalized spacial score (nSPS) is 12.1. The summed E-state index contributed by atoms with van der Waals surface area (Å²) >= 11 is 6.01. The quantitative estimate of drug-likeness (QED) is 0.430. The van der Waals surface area contributed by atoms with Crippen LogP contribution in [0.15, 0.2) is 65.6 Å². The van der Waals surface area contributed by atoms with E-state index in [4.69, 9.17) is 21.1 Å². The van der Waals surface area contributed by atoms with Crippen LogP contribution in [-0.4, -0.2) is 35.1 Å². The molecule has 0 bridgehead atoms. The smallest absolute Gasteiger partial charge is 0.264 e. The Morgan fingerprint density at radius 3 is 2.23 bits per heavy atom. The first-order valence-corrected chi connectivity index (χ1v) is 12.8. The number of carbonyl (C=O) groups is 1. The molecule has 0 heterocycles. The Labute approximate surface area is 211 Å². The summed E-state index contributed by atoms with van der Waals surface area (Å²) in [5.74, 6) is 0.207. The number of ether oxygens (including phenoxy) is 2. The molecule has 0 saturated carbocycles. The van der Waals surface area contributed by atoms with Crippen molar-refractivity contribution in [3.8, 4) is 11.5 Å². The molecular formula is C26H29ClN2O5S. The molecule has 0 aliphatic rings. The number of carbonyl (C=O) groups excluding carboxylic acids is 1. The van der Waals surface area contributed by atoms with Gasteiger partial charge in [-0.2, -0.15) is 0 Å². The fourth-order valence-electron chi connectivity index (χ4n) is 3.83. The molecule has 7 nitrogen and oxygen atoms in total. The van der Waals surface area contributed by atoms with Crippen molar-refractivity contribution in [3.05, 3.63) is 82.4 Å². The predicted molar refractivity (Wildman–Crippen MR) is 138 cm³/mol. The summed E-state index contributed by atoms with van der Waals surface area (Å²) in [6.07, 6.45) is 0. The maximum Gasteiger partial charge on any atom is 0.264 e. The summed E-state index contributed by atoms with van der Waals surface area (Å²) in [5, 5.41) is 3.37. The topological polar surface area (TPSA) is 84.9 Å². The van der Waals surface area contributed by atoms with E-state index < -0.39 is 22.5 Å². The van der Waals surface area contributed by atoms with E-state index in [1.807, 2.05) is 39.0 Å². The van der Waals surface area contributed by atoms with E-state index >= 15 is 0 Å². The molecule has 0 radical (unpaired) electrons. The molecule has 186 valence electrons. The SMILES string of the molecule is COc1ccc(S(=O)(=O)N(CC(=O)NC(C)c2ccc(C)cc2C)c2ccc(Cl)cc2)cc1OC. The molecule has 1 N–H and O–H groups in total. The summed E-state index contributed by atoms with van der Waals surface area (Å²) in [7, 11) is -1.25. The number of amides is 1. The van der Waals surface area contributed by atoms with Crippen molar-refractivity contribution in [2.45, 2.75) is 31.7 Å². The molecule has 3 rings (SSSR count). The number of hydrogen-bond acceptors (Lipinski definition) is 5. The second-order valence-electron chi connectivity index (χ2n) is 8.15. The van der Waals surface area contributed by atoms with Gasteiger partial charge in [0.2, 0.25) is 5.91 Å². The summed E-state index contributed by atoms with van der Waals surface area (Å²) < 4.78 is 38.9. The molecule has 0 aliphatic heterocycles. The highest BCUT2D eigenvalue weighted by Gasteiger charge is 2.29. The monoisotopic (exact) mass is 516 g/mol. The predicted octanol–water partition coefficient (Wildman–Crippen LogP) is 5.05. The van der Waals surface area contributed by atoms with E-state index in [0.29, 0.717) is 16.5 Å². The van der Waals surface area contributed by atoms with Gasteiger partial charge in [-0.05, 0) is 68.3 Å². The number of aryl methyl sites for hydroxylation is 2. The van der Waals surface area contributed by atoms with E-state index in [1.165, 1.54) is 32.4 Å². The lowest BCUT2D eigenvalue weighted by molar-refractivity contribution is -0.120. The average Bonchev–Trinajstić information content (AvgIpc) is 2.82. The fraction of sp³-hybridized carbons (Fsp3) is 0.269. The largest absolute Gasteiger partial charge is 0.493 e. The van der Waals surface area contributed by atoms with Crippen LogP contribution in [-0.2, 0) is 14.8 Å². The van der Waals surface area contributed by atoms with Crippen molar-refractivity contribution in [2.24, 2.45) is 0 Å². The van der Waals surface area contributed by atoms with Crippen LogP contribution in [0.1, 0.15) is 29.7 Å². The molecule has 35 heavy (non-hydrogen) atoms. The maximum absolute atomic E-state index is 13.7.